The maximum atomic E-state index is 12.5. The van der Waals surface area contributed by atoms with Crippen LogP contribution in [0.4, 0.5) is 0 Å². The third-order valence-corrected chi connectivity index (χ3v) is 6.97. The lowest BCUT2D eigenvalue weighted by atomic mass is 10.1. The number of hydrogen-bond donors (Lipinski definition) is 1. The molecule has 0 fully saturated rings. The molecule has 0 spiro atoms. The lowest BCUT2D eigenvalue weighted by Gasteiger charge is -2.15. The number of amides is 1. The zero-order valence-electron chi connectivity index (χ0n) is 14.3. The molecule has 2 nitrogen and oxygen atoms in total. The van der Waals surface area contributed by atoms with Crippen LogP contribution in [-0.2, 0) is 12.2 Å². The average molecular weight is 400 g/mol. The summed E-state index contributed by atoms with van der Waals surface area (Å²) < 4.78 is 0. The number of aryl methyl sites for hydroxylation is 1. The number of nitrogens with one attached hydrogen (secondary N) is 1. The Balaban J connectivity index is 1.45. The minimum Gasteiger partial charge on any atom is -0.351 e. The van der Waals surface area contributed by atoms with E-state index in [2.05, 4.69) is 42.6 Å². The number of rotatable bonds is 4. The Morgan fingerprint density at radius 3 is 2.77 bits per heavy atom. The van der Waals surface area contributed by atoms with Crippen molar-refractivity contribution in [1.82, 2.24) is 5.32 Å². The molecule has 1 aliphatic heterocycles. The van der Waals surface area contributed by atoms with Gasteiger partial charge in [-0.2, -0.15) is 0 Å². The topological polar surface area (TPSA) is 29.1 Å². The molecule has 2 aromatic carbocycles. The molecule has 0 radical (unpaired) electrons. The summed E-state index contributed by atoms with van der Waals surface area (Å²) in [5, 5.41) is 3.80. The highest BCUT2D eigenvalue weighted by Crippen LogP contribution is 2.46. The van der Waals surface area contributed by atoms with Crippen LogP contribution in [0.5, 0.6) is 0 Å². The molecule has 1 aliphatic rings. The standard InChI is InChI=1S/C21H18ClNOS2/c1-13-2-4-14(5-3-13)8-9-23-21(24)19-10-15-12-25-18-11-16(22)6-7-17(18)20(15)26-19/h2-7,10-11H,8-9,12H2,1H3,(H,23,24). The van der Waals surface area contributed by atoms with E-state index in [1.807, 2.05) is 18.2 Å². The van der Waals surface area contributed by atoms with Crippen molar-refractivity contribution in [3.05, 3.63) is 75.1 Å². The van der Waals surface area contributed by atoms with Crippen molar-refractivity contribution in [2.24, 2.45) is 0 Å². The van der Waals surface area contributed by atoms with Crippen LogP contribution in [0.3, 0.4) is 0 Å². The molecule has 5 heteroatoms. The summed E-state index contributed by atoms with van der Waals surface area (Å²) in [4.78, 5) is 15.7. The van der Waals surface area contributed by atoms with Gasteiger partial charge < -0.3 is 5.32 Å². The Morgan fingerprint density at radius 1 is 1.15 bits per heavy atom. The number of carbonyl (C=O) groups is 1. The number of halogens is 1. The predicted molar refractivity (Wildman–Crippen MR) is 112 cm³/mol. The van der Waals surface area contributed by atoms with Crippen LogP contribution in [-0.4, -0.2) is 12.5 Å². The first kappa shape index (κ1) is 17.7. The molecule has 2 heterocycles. The number of hydrogen-bond acceptors (Lipinski definition) is 3. The summed E-state index contributed by atoms with van der Waals surface area (Å²) in [6.45, 7) is 2.72. The van der Waals surface area contributed by atoms with Crippen molar-refractivity contribution in [2.75, 3.05) is 6.54 Å². The molecule has 132 valence electrons. The van der Waals surface area contributed by atoms with Gasteiger partial charge in [0.15, 0.2) is 0 Å². The van der Waals surface area contributed by atoms with Crippen molar-refractivity contribution in [2.45, 2.75) is 24.0 Å². The van der Waals surface area contributed by atoms with Crippen molar-refractivity contribution < 1.29 is 4.79 Å². The van der Waals surface area contributed by atoms with E-state index in [9.17, 15) is 4.79 Å². The molecule has 3 aromatic rings. The van der Waals surface area contributed by atoms with E-state index >= 15 is 0 Å². The number of thiophene rings is 1. The van der Waals surface area contributed by atoms with E-state index in [1.165, 1.54) is 32.0 Å². The number of carbonyl (C=O) groups excluding carboxylic acids is 1. The molecule has 0 saturated heterocycles. The molecular formula is C21H18ClNOS2. The van der Waals surface area contributed by atoms with E-state index in [-0.39, 0.29) is 5.91 Å². The Hall–Kier alpha value is -1.75. The minimum absolute atomic E-state index is 0.0111. The fraction of sp³-hybridized carbons (Fsp3) is 0.190. The zero-order valence-corrected chi connectivity index (χ0v) is 16.7. The second kappa shape index (κ2) is 7.47. The van der Waals surface area contributed by atoms with E-state index < -0.39 is 0 Å². The van der Waals surface area contributed by atoms with Crippen LogP contribution in [0, 0.1) is 6.92 Å². The Bertz CT molecular complexity index is 963. The fourth-order valence-corrected chi connectivity index (χ4v) is 5.60. The summed E-state index contributed by atoms with van der Waals surface area (Å²) in [6.07, 6.45) is 0.842. The van der Waals surface area contributed by atoms with Crippen molar-refractivity contribution in [3.8, 4) is 10.4 Å². The lowest BCUT2D eigenvalue weighted by molar-refractivity contribution is 0.0958. The minimum atomic E-state index is 0.0111. The smallest absolute Gasteiger partial charge is 0.261 e. The highest BCUT2D eigenvalue weighted by Gasteiger charge is 2.22. The third kappa shape index (κ3) is 3.68. The van der Waals surface area contributed by atoms with Gasteiger partial charge in [-0.3, -0.25) is 4.79 Å². The van der Waals surface area contributed by atoms with E-state index in [0.29, 0.717) is 6.54 Å². The molecule has 0 unspecified atom stereocenters. The molecular weight excluding hydrogens is 382 g/mol. The Labute approximate surface area is 166 Å². The summed E-state index contributed by atoms with van der Waals surface area (Å²) in [6, 6.07) is 16.4. The van der Waals surface area contributed by atoms with E-state index in [0.717, 1.165) is 22.1 Å². The van der Waals surface area contributed by atoms with Gasteiger partial charge in [0, 0.05) is 32.7 Å². The SMILES string of the molecule is Cc1ccc(CCNC(=O)c2cc3c(s2)-c2ccc(Cl)cc2SC3)cc1. The van der Waals surface area contributed by atoms with Crippen LogP contribution in [0.15, 0.2) is 53.4 Å². The van der Waals surface area contributed by atoms with Crippen LogP contribution in [0.25, 0.3) is 10.4 Å². The molecule has 1 N–H and O–H groups in total. The zero-order chi connectivity index (χ0) is 18.1. The van der Waals surface area contributed by atoms with Crippen molar-refractivity contribution in [1.29, 1.82) is 0 Å². The van der Waals surface area contributed by atoms with E-state index in [4.69, 9.17) is 11.6 Å². The molecule has 26 heavy (non-hydrogen) atoms. The molecule has 0 saturated carbocycles. The maximum Gasteiger partial charge on any atom is 0.261 e. The number of thioether (sulfide) groups is 1. The first-order valence-electron chi connectivity index (χ1n) is 8.49. The third-order valence-electron chi connectivity index (χ3n) is 4.42. The summed E-state index contributed by atoms with van der Waals surface area (Å²) in [5.74, 6) is 0.896. The molecule has 4 rings (SSSR count). The van der Waals surface area contributed by atoms with Crippen LogP contribution in [0.1, 0.15) is 26.4 Å². The Morgan fingerprint density at radius 2 is 1.96 bits per heavy atom. The largest absolute Gasteiger partial charge is 0.351 e. The first-order chi connectivity index (χ1) is 12.6. The summed E-state index contributed by atoms with van der Waals surface area (Å²) in [7, 11) is 0. The molecule has 0 atom stereocenters. The maximum absolute atomic E-state index is 12.5. The van der Waals surface area contributed by atoms with Gasteiger partial charge in [0.05, 0.1) is 4.88 Å². The van der Waals surface area contributed by atoms with Crippen LogP contribution in [0.2, 0.25) is 5.02 Å². The summed E-state index contributed by atoms with van der Waals surface area (Å²) >= 11 is 9.45. The second-order valence-electron chi connectivity index (χ2n) is 6.39. The fourth-order valence-electron chi connectivity index (χ4n) is 3.00. The highest BCUT2D eigenvalue weighted by molar-refractivity contribution is 7.98. The van der Waals surface area contributed by atoms with Gasteiger partial charge in [0.1, 0.15) is 0 Å². The van der Waals surface area contributed by atoms with E-state index in [1.54, 1.807) is 23.1 Å². The summed E-state index contributed by atoms with van der Waals surface area (Å²) in [5.41, 5.74) is 4.91. The second-order valence-corrected chi connectivity index (χ2v) is 8.89. The molecule has 1 aromatic heterocycles. The van der Waals surface area contributed by atoms with Crippen LogP contribution < -0.4 is 5.32 Å². The van der Waals surface area contributed by atoms with Gasteiger partial charge in [-0.25, -0.2) is 0 Å². The molecule has 1 amide bonds. The monoisotopic (exact) mass is 399 g/mol. The Kier molecular flexibility index (Phi) is 5.07. The van der Waals surface area contributed by atoms with Crippen molar-refractivity contribution >= 4 is 40.6 Å². The van der Waals surface area contributed by atoms with Crippen molar-refractivity contribution in [3.63, 3.8) is 0 Å². The van der Waals surface area contributed by atoms with Crippen LogP contribution >= 0.6 is 34.7 Å². The lowest BCUT2D eigenvalue weighted by Crippen LogP contribution is -2.24. The van der Waals surface area contributed by atoms with Gasteiger partial charge in [-0.1, -0.05) is 47.5 Å². The van der Waals surface area contributed by atoms with Gasteiger partial charge >= 0.3 is 0 Å². The number of fused-ring (bicyclic) bond motifs is 3. The highest BCUT2D eigenvalue weighted by atomic mass is 35.5. The first-order valence-corrected chi connectivity index (χ1v) is 10.7. The van der Waals surface area contributed by atoms with Gasteiger partial charge in [-0.05, 0) is 42.7 Å². The molecule has 0 bridgehead atoms. The van der Waals surface area contributed by atoms with Gasteiger partial charge in [-0.15, -0.1) is 23.1 Å². The predicted octanol–water partition coefficient (Wildman–Crippen LogP) is 5.96. The van der Waals surface area contributed by atoms with Gasteiger partial charge in [0.25, 0.3) is 5.91 Å². The number of benzene rings is 2. The normalized spacial score (nSPS) is 12.4. The van der Waals surface area contributed by atoms with Gasteiger partial charge in [0.2, 0.25) is 0 Å². The average Bonchev–Trinajstić information content (AvgIpc) is 3.08. The molecule has 0 aliphatic carbocycles. The quantitative estimate of drug-likeness (QED) is 0.586.